The van der Waals surface area contributed by atoms with Crippen LogP contribution in [0.1, 0.15) is 18.4 Å². The summed E-state index contributed by atoms with van der Waals surface area (Å²) in [4.78, 5) is 0. The molecule has 22 heavy (non-hydrogen) atoms. The van der Waals surface area contributed by atoms with E-state index in [0.29, 0.717) is 61.5 Å². The van der Waals surface area contributed by atoms with Gasteiger partial charge in [-0.1, -0.05) is 23.2 Å². The van der Waals surface area contributed by atoms with E-state index in [-0.39, 0.29) is 0 Å². The number of fused-ring (bicyclic) bond motifs is 1. The second-order valence-electron chi connectivity index (χ2n) is 5.84. The molecule has 2 N–H and O–H groups in total. The predicted octanol–water partition coefficient (Wildman–Crippen LogP) is 2.90. The summed E-state index contributed by atoms with van der Waals surface area (Å²) in [5, 5.41) is 14.8. The summed E-state index contributed by atoms with van der Waals surface area (Å²) < 4.78 is 11.0. The molecule has 2 aliphatic rings. The third-order valence-electron chi connectivity index (χ3n) is 4.03. The predicted molar refractivity (Wildman–Crippen MR) is 87.8 cm³/mol. The first kappa shape index (κ1) is 16.1. The third kappa shape index (κ3) is 3.76. The molecule has 0 aliphatic carbocycles. The Bertz CT molecular complexity index is 583. The summed E-state index contributed by atoms with van der Waals surface area (Å²) in [6.45, 7) is 2.94. The molecular formula is C16H19Cl2NO3. The quantitative estimate of drug-likeness (QED) is 0.882. The molecule has 0 aromatic heterocycles. The van der Waals surface area contributed by atoms with E-state index in [0.717, 1.165) is 11.1 Å². The van der Waals surface area contributed by atoms with Crippen LogP contribution in [0.2, 0.25) is 10.0 Å². The highest BCUT2D eigenvalue weighted by molar-refractivity contribution is 6.36. The average molecular weight is 344 g/mol. The summed E-state index contributed by atoms with van der Waals surface area (Å²) in [5.74, 6) is 0.679. The van der Waals surface area contributed by atoms with Gasteiger partial charge >= 0.3 is 0 Å². The van der Waals surface area contributed by atoms with Crippen molar-refractivity contribution in [3.63, 3.8) is 0 Å². The Morgan fingerprint density at radius 3 is 2.77 bits per heavy atom. The van der Waals surface area contributed by atoms with Gasteiger partial charge in [0.25, 0.3) is 0 Å². The summed E-state index contributed by atoms with van der Waals surface area (Å²) in [5.41, 5.74) is 1.32. The zero-order chi connectivity index (χ0) is 15.6. The Labute approximate surface area is 140 Å². The van der Waals surface area contributed by atoms with Gasteiger partial charge in [-0.15, -0.1) is 0 Å². The van der Waals surface area contributed by atoms with E-state index < -0.39 is 5.60 Å². The smallest absolute Gasteiger partial charge is 0.145 e. The minimum absolute atomic E-state index is 0.489. The van der Waals surface area contributed by atoms with Crippen molar-refractivity contribution >= 4 is 29.3 Å². The highest BCUT2D eigenvalue weighted by Gasteiger charge is 2.29. The van der Waals surface area contributed by atoms with Crippen molar-refractivity contribution in [2.75, 3.05) is 32.9 Å². The number of nitrogens with one attached hydrogen (secondary N) is 1. The first-order valence-electron chi connectivity index (χ1n) is 7.38. The molecule has 0 atom stereocenters. The molecule has 1 saturated heterocycles. The molecule has 120 valence electrons. The van der Waals surface area contributed by atoms with Crippen LogP contribution in [0.15, 0.2) is 17.7 Å². The van der Waals surface area contributed by atoms with Crippen molar-refractivity contribution in [2.45, 2.75) is 18.4 Å². The second kappa shape index (κ2) is 6.77. The normalized spacial score (nSPS) is 20.0. The monoisotopic (exact) mass is 343 g/mol. The van der Waals surface area contributed by atoms with Gasteiger partial charge in [0.15, 0.2) is 0 Å². The molecule has 0 unspecified atom stereocenters. The largest absolute Gasteiger partial charge is 0.487 e. The van der Waals surface area contributed by atoms with E-state index in [1.165, 1.54) is 0 Å². The van der Waals surface area contributed by atoms with Gasteiger partial charge in [0.1, 0.15) is 12.4 Å². The fraction of sp³-hybridized carbons (Fsp3) is 0.500. The van der Waals surface area contributed by atoms with Gasteiger partial charge in [-0.05, 0) is 23.8 Å². The highest BCUT2D eigenvalue weighted by Crippen LogP contribution is 2.36. The fourth-order valence-corrected chi connectivity index (χ4v) is 3.32. The Balaban J connectivity index is 1.60. The van der Waals surface area contributed by atoms with Gasteiger partial charge in [0, 0.05) is 49.7 Å². The van der Waals surface area contributed by atoms with Gasteiger partial charge in [-0.2, -0.15) is 0 Å². The minimum Gasteiger partial charge on any atom is -0.487 e. The van der Waals surface area contributed by atoms with Gasteiger partial charge in [-0.3, -0.25) is 0 Å². The third-order valence-corrected chi connectivity index (χ3v) is 4.53. The topological polar surface area (TPSA) is 50.7 Å². The van der Waals surface area contributed by atoms with E-state index in [1.54, 1.807) is 6.07 Å². The van der Waals surface area contributed by atoms with Crippen LogP contribution < -0.4 is 10.1 Å². The van der Waals surface area contributed by atoms with Crippen molar-refractivity contribution < 1.29 is 14.6 Å². The Hall–Kier alpha value is -0.780. The van der Waals surface area contributed by atoms with Crippen molar-refractivity contribution in [1.29, 1.82) is 0 Å². The first-order chi connectivity index (χ1) is 10.6. The lowest BCUT2D eigenvalue weighted by Crippen LogP contribution is -2.45. The summed E-state index contributed by atoms with van der Waals surface area (Å²) in [7, 11) is 0. The molecule has 2 aliphatic heterocycles. The number of rotatable bonds is 4. The number of benzene rings is 1. The SMILES string of the molecule is OC1(CNCC2=Cc3cc(Cl)cc(Cl)c3OC2)CCOCC1. The molecule has 0 bridgehead atoms. The molecule has 6 heteroatoms. The van der Waals surface area contributed by atoms with E-state index in [9.17, 15) is 5.11 Å². The van der Waals surface area contributed by atoms with E-state index >= 15 is 0 Å². The van der Waals surface area contributed by atoms with Crippen molar-refractivity contribution in [1.82, 2.24) is 5.32 Å². The summed E-state index contributed by atoms with van der Waals surface area (Å²) in [6.07, 6.45) is 3.38. The molecule has 0 saturated carbocycles. The molecule has 0 radical (unpaired) electrons. The number of hydrogen-bond donors (Lipinski definition) is 2. The molecule has 1 fully saturated rings. The van der Waals surface area contributed by atoms with Gasteiger partial charge < -0.3 is 19.9 Å². The lowest BCUT2D eigenvalue weighted by Gasteiger charge is -2.32. The Kier molecular flexibility index (Phi) is 4.95. The molecule has 1 aromatic rings. The van der Waals surface area contributed by atoms with Gasteiger partial charge in [0.2, 0.25) is 0 Å². The number of aliphatic hydroxyl groups is 1. The maximum Gasteiger partial charge on any atom is 0.145 e. The lowest BCUT2D eigenvalue weighted by atomic mass is 9.94. The zero-order valence-corrected chi connectivity index (χ0v) is 13.7. The van der Waals surface area contributed by atoms with Crippen molar-refractivity contribution in [3.8, 4) is 5.75 Å². The van der Waals surface area contributed by atoms with Crippen LogP contribution >= 0.6 is 23.2 Å². The molecule has 0 amide bonds. The Morgan fingerprint density at radius 1 is 1.23 bits per heavy atom. The molecule has 3 rings (SSSR count). The van der Waals surface area contributed by atoms with Crippen LogP contribution in [0.3, 0.4) is 0 Å². The van der Waals surface area contributed by atoms with Crippen molar-refractivity contribution in [2.24, 2.45) is 0 Å². The number of ether oxygens (including phenoxy) is 2. The standard InChI is InChI=1S/C16H19Cl2NO3/c17-13-6-12-5-11(9-22-15(12)14(18)7-13)8-19-10-16(20)1-3-21-4-2-16/h5-7,19-20H,1-4,8-10H2. The van der Waals surface area contributed by atoms with E-state index in [4.69, 9.17) is 32.7 Å². The van der Waals surface area contributed by atoms with Crippen LogP contribution in [0.25, 0.3) is 6.08 Å². The molecular weight excluding hydrogens is 325 g/mol. The zero-order valence-electron chi connectivity index (χ0n) is 12.2. The van der Waals surface area contributed by atoms with Crippen molar-refractivity contribution in [3.05, 3.63) is 33.3 Å². The van der Waals surface area contributed by atoms with Crippen LogP contribution in [0.5, 0.6) is 5.75 Å². The molecule has 4 nitrogen and oxygen atoms in total. The van der Waals surface area contributed by atoms with Crippen LogP contribution in [-0.2, 0) is 4.74 Å². The molecule has 1 aromatic carbocycles. The molecule has 0 spiro atoms. The highest BCUT2D eigenvalue weighted by atomic mass is 35.5. The van der Waals surface area contributed by atoms with E-state index in [1.807, 2.05) is 12.1 Å². The van der Waals surface area contributed by atoms with Gasteiger partial charge in [-0.25, -0.2) is 0 Å². The summed E-state index contributed by atoms with van der Waals surface area (Å²) >= 11 is 12.1. The average Bonchev–Trinajstić information content (AvgIpc) is 2.47. The maximum absolute atomic E-state index is 10.4. The van der Waals surface area contributed by atoms with E-state index in [2.05, 4.69) is 5.32 Å². The van der Waals surface area contributed by atoms with Gasteiger partial charge in [0.05, 0.1) is 10.6 Å². The molecule has 2 heterocycles. The lowest BCUT2D eigenvalue weighted by molar-refractivity contribution is -0.0611. The Morgan fingerprint density at radius 2 is 2.00 bits per heavy atom. The van der Waals surface area contributed by atoms with Crippen LogP contribution in [0.4, 0.5) is 0 Å². The minimum atomic E-state index is -0.668. The fourth-order valence-electron chi connectivity index (χ4n) is 2.75. The number of halogens is 2. The number of hydrogen-bond acceptors (Lipinski definition) is 4. The maximum atomic E-state index is 10.4. The second-order valence-corrected chi connectivity index (χ2v) is 6.68. The summed E-state index contributed by atoms with van der Waals surface area (Å²) in [6, 6.07) is 3.52. The van der Waals surface area contributed by atoms with Crippen LogP contribution in [0, 0.1) is 0 Å². The van der Waals surface area contributed by atoms with Crippen LogP contribution in [-0.4, -0.2) is 43.6 Å². The first-order valence-corrected chi connectivity index (χ1v) is 8.13.